The van der Waals surface area contributed by atoms with E-state index in [0.717, 1.165) is 19.4 Å². The van der Waals surface area contributed by atoms with Crippen molar-refractivity contribution in [2.75, 3.05) is 13.1 Å². The molecule has 0 aromatic rings. The molecule has 4 nitrogen and oxygen atoms in total. The van der Waals surface area contributed by atoms with Crippen LogP contribution in [0, 0.1) is 5.92 Å². The van der Waals surface area contributed by atoms with Gasteiger partial charge in [-0.1, -0.05) is 0 Å². The molecular formula is C10H21ClN2O2. The van der Waals surface area contributed by atoms with Gasteiger partial charge in [0, 0.05) is 12.1 Å². The van der Waals surface area contributed by atoms with E-state index < -0.39 is 6.09 Å². The van der Waals surface area contributed by atoms with E-state index in [1.807, 2.05) is 0 Å². The van der Waals surface area contributed by atoms with Gasteiger partial charge in [-0.15, -0.1) is 12.4 Å². The van der Waals surface area contributed by atoms with Crippen LogP contribution < -0.4 is 10.6 Å². The Morgan fingerprint density at radius 1 is 1.60 bits per heavy atom. The molecule has 0 saturated carbocycles. The van der Waals surface area contributed by atoms with E-state index in [1.165, 1.54) is 6.42 Å². The summed E-state index contributed by atoms with van der Waals surface area (Å²) >= 11 is 0. The minimum absolute atomic E-state index is 0. The molecule has 1 heterocycles. The maximum Gasteiger partial charge on any atom is 0.404 e. The van der Waals surface area contributed by atoms with Crippen molar-refractivity contribution in [1.29, 1.82) is 0 Å². The van der Waals surface area contributed by atoms with Crippen LogP contribution in [-0.4, -0.2) is 29.8 Å². The van der Waals surface area contributed by atoms with Crippen molar-refractivity contribution in [3.8, 4) is 0 Å². The normalized spacial score (nSPS) is 23.2. The largest absolute Gasteiger partial charge is 0.465 e. The van der Waals surface area contributed by atoms with Crippen molar-refractivity contribution in [1.82, 2.24) is 10.6 Å². The molecule has 0 aromatic heterocycles. The lowest BCUT2D eigenvalue weighted by atomic mass is 9.94. The molecule has 0 aliphatic carbocycles. The lowest BCUT2D eigenvalue weighted by Crippen LogP contribution is -2.31. The van der Waals surface area contributed by atoms with Gasteiger partial charge in [0.05, 0.1) is 0 Å². The Labute approximate surface area is 97.2 Å². The predicted octanol–water partition coefficient (Wildman–Crippen LogP) is 1.84. The minimum atomic E-state index is -0.921. The summed E-state index contributed by atoms with van der Waals surface area (Å²) in [6.45, 7) is 6.07. The quantitative estimate of drug-likeness (QED) is 0.653. The Hall–Kier alpha value is -0.480. The van der Waals surface area contributed by atoms with Crippen LogP contribution in [0.1, 0.15) is 33.1 Å². The van der Waals surface area contributed by atoms with Gasteiger partial charge in [0.2, 0.25) is 0 Å². The SMILES string of the molecule is CC1(C)C[C@H](CCCNC(=O)O)CN1.Cl. The van der Waals surface area contributed by atoms with Crippen LogP contribution in [0.15, 0.2) is 0 Å². The number of rotatable bonds is 4. The number of amides is 1. The second-order valence-corrected chi connectivity index (χ2v) is 4.71. The third kappa shape index (κ3) is 5.85. The number of nitrogens with one attached hydrogen (secondary N) is 2. The van der Waals surface area contributed by atoms with Gasteiger partial charge in [0.25, 0.3) is 0 Å². The molecule has 5 heteroatoms. The highest BCUT2D eigenvalue weighted by molar-refractivity contribution is 5.85. The average Bonchev–Trinajstić information content (AvgIpc) is 2.39. The molecule has 1 aliphatic rings. The number of halogens is 1. The first kappa shape index (κ1) is 14.5. The molecule has 3 N–H and O–H groups in total. The van der Waals surface area contributed by atoms with Gasteiger partial charge in [-0.2, -0.15) is 0 Å². The molecule has 90 valence electrons. The van der Waals surface area contributed by atoms with Crippen molar-refractivity contribution in [2.45, 2.75) is 38.6 Å². The van der Waals surface area contributed by atoms with Gasteiger partial charge in [-0.3, -0.25) is 0 Å². The standard InChI is InChI=1S/C10H20N2O2.ClH/c1-10(2)6-8(7-12-10)4-3-5-11-9(13)14;/h8,11-12H,3-7H2,1-2H3,(H,13,14);1H/t8-;/m0./s1. The summed E-state index contributed by atoms with van der Waals surface area (Å²) in [7, 11) is 0. The Morgan fingerprint density at radius 3 is 2.73 bits per heavy atom. The average molecular weight is 237 g/mol. The molecule has 1 aliphatic heterocycles. The second kappa shape index (κ2) is 6.18. The van der Waals surface area contributed by atoms with Gasteiger partial charge >= 0.3 is 6.09 Å². The molecule has 0 radical (unpaired) electrons. The van der Waals surface area contributed by atoms with Gasteiger partial charge in [-0.05, 0) is 45.6 Å². The number of hydrogen-bond donors (Lipinski definition) is 3. The van der Waals surface area contributed by atoms with E-state index in [9.17, 15) is 4.79 Å². The lowest BCUT2D eigenvalue weighted by molar-refractivity contribution is 0.194. The number of hydrogen-bond acceptors (Lipinski definition) is 2. The summed E-state index contributed by atoms with van der Waals surface area (Å²) < 4.78 is 0. The van der Waals surface area contributed by atoms with Crippen LogP contribution in [0.3, 0.4) is 0 Å². The molecule has 1 saturated heterocycles. The summed E-state index contributed by atoms with van der Waals surface area (Å²) in [6.07, 6.45) is 2.32. The predicted molar refractivity (Wildman–Crippen MR) is 62.7 cm³/mol. The third-order valence-corrected chi connectivity index (χ3v) is 2.73. The molecule has 1 fully saturated rings. The smallest absolute Gasteiger partial charge is 0.404 e. The molecule has 0 spiro atoms. The van der Waals surface area contributed by atoms with Gasteiger partial charge in [0.1, 0.15) is 0 Å². The molecule has 1 amide bonds. The zero-order chi connectivity index (χ0) is 10.6. The van der Waals surface area contributed by atoms with E-state index in [-0.39, 0.29) is 17.9 Å². The van der Waals surface area contributed by atoms with Crippen LogP contribution in [0.2, 0.25) is 0 Å². The topological polar surface area (TPSA) is 61.4 Å². The summed E-state index contributed by atoms with van der Waals surface area (Å²) in [5.41, 5.74) is 0.269. The third-order valence-electron chi connectivity index (χ3n) is 2.73. The van der Waals surface area contributed by atoms with Crippen LogP contribution in [-0.2, 0) is 0 Å². The number of carboxylic acid groups (broad SMARTS) is 1. The maximum atomic E-state index is 10.2. The molecule has 1 rings (SSSR count). The monoisotopic (exact) mass is 236 g/mol. The highest BCUT2D eigenvalue weighted by atomic mass is 35.5. The van der Waals surface area contributed by atoms with Gasteiger partial charge in [-0.25, -0.2) is 4.79 Å². The minimum Gasteiger partial charge on any atom is -0.465 e. The van der Waals surface area contributed by atoms with Gasteiger partial charge in [0.15, 0.2) is 0 Å². The molecule has 0 aromatic carbocycles. The molecule has 15 heavy (non-hydrogen) atoms. The van der Waals surface area contributed by atoms with E-state index in [0.29, 0.717) is 12.5 Å². The first-order chi connectivity index (χ1) is 6.49. The fourth-order valence-electron chi connectivity index (χ4n) is 2.08. The van der Waals surface area contributed by atoms with Crippen molar-refractivity contribution < 1.29 is 9.90 Å². The second-order valence-electron chi connectivity index (χ2n) is 4.71. The highest BCUT2D eigenvalue weighted by Crippen LogP contribution is 2.26. The van der Waals surface area contributed by atoms with Crippen LogP contribution in [0.25, 0.3) is 0 Å². The van der Waals surface area contributed by atoms with Crippen LogP contribution in [0.5, 0.6) is 0 Å². The molecule has 0 unspecified atom stereocenters. The zero-order valence-electron chi connectivity index (χ0n) is 9.38. The first-order valence-electron chi connectivity index (χ1n) is 5.21. The maximum absolute atomic E-state index is 10.2. The summed E-state index contributed by atoms with van der Waals surface area (Å²) in [5.74, 6) is 0.709. The Balaban J connectivity index is 0.00000196. The van der Waals surface area contributed by atoms with Gasteiger partial charge < -0.3 is 15.7 Å². The van der Waals surface area contributed by atoms with Crippen molar-refractivity contribution in [3.05, 3.63) is 0 Å². The summed E-state index contributed by atoms with van der Waals surface area (Å²) in [4.78, 5) is 10.2. The lowest BCUT2D eigenvalue weighted by Gasteiger charge is -2.17. The first-order valence-corrected chi connectivity index (χ1v) is 5.21. The number of carbonyl (C=O) groups is 1. The van der Waals surface area contributed by atoms with Crippen LogP contribution >= 0.6 is 12.4 Å². The fraction of sp³-hybridized carbons (Fsp3) is 0.900. The molecule has 1 atom stereocenters. The summed E-state index contributed by atoms with van der Waals surface area (Å²) in [6, 6.07) is 0. The van der Waals surface area contributed by atoms with Crippen molar-refractivity contribution in [2.24, 2.45) is 5.92 Å². The highest BCUT2D eigenvalue weighted by Gasteiger charge is 2.29. The van der Waals surface area contributed by atoms with E-state index in [4.69, 9.17) is 5.11 Å². The van der Waals surface area contributed by atoms with E-state index in [1.54, 1.807) is 0 Å². The Morgan fingerprint density at radius 2 is 2.27 bits per heavy atom. The van der Waals surface area contributed by atoms with Crippen molar-refractivity contribution >= 4 is 18.5 Å². The summed E-state index contributed by atoms with van der Waals surface area (Å²) in [5, 5.41) is 14.2. The van der Waals surface area contributed by atoms with Crippen LogP contribution in [0.4, 0.5) is 4.79 Å². The van der Waals surface area contributed by atoms with E-state index in [2.05, 4.69) is 24.5 Å². The fourth-order valence-corrected chi connectivity index (χ4v) is 2.08. The van der Waals surface area contributed by atoms with Crippen molar-refractivity contribution in [3.63, 3.8) is 0 Å². The Kier molecular flexibility index (Phi) is 5.98. The zero-order valence-corrected chi connectivity index (χ0v) is 10.2. The van der Waals surface area contributed by atoms with E-state index >= 15 is 0 Å². The molecular weight excluding hydrogens is 216 g/mol. The molecule has 0 bridgehead atoms. The Bertz CT molecular complexity index is 210.